The molecule has 0 aliphatic carbocycles. The summed E-state index contributed by atoms with van der Waals surface area (Å²) < 4.78 is 0. The minimum Gasteiger partial charge on any atom is -0.324 e. The van der Waals surface area contributed by atoms with Crippen molar-refractivity contribution in [2.75, 3.05) is 0 Å². The van der Waals surface area contributed by atoms with Crippen LogP contribution in [0.3, 0.4) is 0 Å². The van der Waals surface area contributed by atoms with E-state index < -0.39 is 0 Å². The lowest BCUT2D eigenvalue weighted by molar-refractivity contribution is 1.10. The fourth-order valence-corrected chi connectivity index (χ4v) is 9.96. The maximum atomic E-state index is 5.65. The van der Waals surface area contributed by atoms with Gasteiger partial charge in [-0.1, -0.05) is 243 Å². The van der Waals surface area contributed by atoms with Crippen LogP contribution in [0.2, 0.25) is 0 Å². The average Bonchev–Trinajstić information content (AvgIpc) is 4.20. The van der Waals surface area contributed by atoms with Gasteiger partial charge < -0.3 is 9.97 Å². The molecule has 0 saturated carbocycles. The number of H-pyrrole nitrogens is 2. The molecule has 2 N–H and O–H groups in total. The molecule has 2 aliphatic rings. The third-order valence-corrected chi connectivity index (χ3v) is 13.1. The van der Waals surface area contributed by atoms with E-state index in [4.69, 9.17) is 29.9 Å². The van der Waals surface area contributed by atoms with Crippen LogP contribution in [0.5, 0.6) is 0 Å². The second-order valence-electron chi connectivity index (χ2n) is 17.5. The zero-order chi connectivity index (χ0) is 47.8. The Morgan fingerprint density at radius 3 is 0.528 bits per heavy atom. The summed E-state index contributed by atoms with van der Waals surface area (Å²) in [5, 5.41) is 0. The SMILES string of the molecule is c1ccc(C2=C(c3ccccc3)c3nc2nc2[nH]c(nc4nc(nc5[nH]c(n3)c(-c3ccccc3)c5-c3ccccc3)C(c3ccccc3)=C4c3ccccc3)c(-c3ccccc3)c2-c2ccccc2)cc1. The fraction of sp³-hybridized carbons (Fsp3) is 0. The number of benzene rings is 8. The Morgan fingerprint density at radius 1 is 0.181 bits per heavy atom. The molecule has 338 valence electrons. The normalized spacial score (nSPS) is 12.3. The van der Waals surface area contributed by atoms with Gasteiger partial charge in [-0.05, 0) is 44.5 Å². The van der Waals surface area contributed by atoms with Gasteiger partial charge in [0.2, 0.25) is 0 Å². The van der Waals surface area contributed by atoms with Gasteiger partial charge in [0.15, 0.2) is 23.3 Å². The van der Waals surface area contributed by atoms with Crippen molar-refractivity contribution in [2.45, 2.75) is 0 Å². The van der Waals surface area contributed by atoms with E-state index in [1.807, 2.05) is 48.5 Å². The molecule has 8 bridgehead atoms. The van der Waals surface area contributed by atoms with Gasteiger partial charge in [0.1, 0.15) is 22.6 Å². The molecule has 0 atom stereocenters. The monoisotopic (exact) mass is 922 g/mol. The van der Waals surface area contributed by atoms with Crippen LogP contribution >= 0.6 is 0 Å². The number of hydrogen-bond donors (Lipinski definition) is 2. The van der Waals surface area contributed by atoms with E-state index in [1.165, 1.54) is 0 Å². The van der Waals surface area contributed by atoms with Crippen molar-refractivity contribution in [1.82, 2.24) is 39.9 Å². The Kier molecular flexibility index (Phi) is 10.7. The van der Waals surface area contributed by atoms with E-state index in [0.29, 0.717) is 45.9 Å². The van der Waals surface area contributed by atoms with Gasteiger partial charge in [-0.3, -0.25) is 0 Å². The van der Waals surface area contributed by atoms with Gasteiger partial charge >= 0.3 is 0 Å². The molecule has 72 heavy (non-hydrogen) atoms. The first-order valence-corrected chi connectivity index (χ1v) is 24.0. The summed E-state index contributed by atoms with van der Waals surface area (Å²) in [7, 11) is 0. The summed E-state index contributed by atoms with van der Waals surface area (Å²) in [5.74, 6) is 2.01. The van der Waals surface area contributed by atoms with Gasteiger partial charge in [-0.2, -0.15) is 0 Å². The van der Waals surface area contributed by atoms with Crippen LogP contribution in [-0.4, -0.2) is 39.9 Å². The highest BCUT2D eigenvalue weighted by Crippen LogP contribution is 2.45. The van der Waals surface area contributed by atoms with Gasteiger partial charge in [-0.15, -0.1) is 0 Å². The summed E-state index contributed by atoms with van der Waals surface area (Å²) in [6.07, 6.45) is 0. The van der Waals surface area contributed by atoms with Crippen molar-refractivity contribution in [2.24, 2.45) is 0 Å². The summed E-state index contributed by atoms with van der Waals surface area (Å²) in [4.78, 5) is 41.2. The highest BCUT2D eigenvalue weighted by atomic mass is 15.1. The van der Waals surface area contributed by atoms with E-state index in [9.17, 15) is 0 Å². The summed E-state index contributed by atoms with van der Waals surface area (Å²) in [6, 6.07) is 82.9. The summed E-state index contributed by atoms with van der Waals surface area (Å²) >= 11 is 0. The third kappa shape index (κ3) is 7.60. The van der Waals surface area contributed by atoms with Gasteiger partial charge in [0.05, 0.1) is 0 Å². The zero-order valence-corrected chi connectivity index (χ0v) is 38.8. The van der Waals surface area contributed by atoms with Crippen molar-refractivity contribution >= 4 is 44.9 Å². The van der Waals surface area contributed by atoms with E-state index in [2.05, 4.69) is 204 Å². The number of fused-ring (bicyclic) bond motifs is 8. The molecule has 8 nitrogen and oxygen atoms in total. The largest absolute Gasteiger partial charge is 0.324 e. The number of aromatic nitrogens is 8. The number of hydrogen-bond acceptors (Lipinski definition) is 6. The van der Waals surface area contributed by atoms with E-state index in [-0.39, 0.29) is 0 Å². The molecule has 8 aromatic carbocycles. The van der Waals surface area contributed by atoms with Crippen LogP contribution in [0.25, 0.3) is 89.4 Å². The number of nitrogens with one attached hydrogen (secondary N) is 2. The Hall–Kier alpha value is -9.92. The molecule has 0 amide bonds. The molecular weight excluding hydrogens is 881 g/mol. The number of nitrogens with zero attached hydrogens (tertiary/aromatic N) is 6. The topological polar surface area (TPSA) is 109 Å². The summed E-state index contributed by atoms with van der Waals surface area (Å²) in [5.41, 5.74) is 16.9. The highest BCUT2D eigenvalue weighted by Gasteiger charge is 2.30. The van der Waals surface area contributed by atoms with Crippen molar-refractivity contribution in [3.8, 4) is 44.5 Å². The van der Waals surface area contributed by atoms with Crippen LogP contribution in [-0.2, 0) is 0 Å². The molecule has 0 spiro atoms. The van der Waals surface area contributed by atoms with Gasteiger partial charge in [0.25, 0.3) is 0 Å². The lowest BCUT2D eigenvalue weighted by Gasteiger charge is -2.09. The van der Waals surface area contributed by atoms with E-state index in [1.54, 1.807) is 0 Å². The Morgan fingerprint density at radius 2 is 0.347 bits per heavy atom. The molecule has 0 radical (unpaired) electrons. The molecule has 0 saturated heterocycles. The van der Waals surface area contributed by atoms with Crippen LogP contribution in [0.15, 0.2) is 243 Å². The second kappa shape index (κ2) is 18.2. The second-order valence-corrected chi connectivity index (χ2v) is 17.5. The van der Waals surface area contributed by atoms with Crippen LogP contribution < -0.4 is 0 Å². The predicted molar refractivity (Wildman–Crippen MR) is 290 cm³/mol. The van der Waals surface area contributed by atoms with E-state index >= 15 is 0 Å². The Balaban J connectivity index is 1.29. The molecule has 0 unspecified atom stereocenters. The maximum absolute atomic E-state index is 5.65. The van der Waals surface area contributed by atoms with Gasteiger partial charge in [0, 0.05) is 44.5 Å². The maximum Gasteiger partial charge on any atom is 0.165 e. The van der Waals surface area contributed by atoms with Crippen molar-refractivity contribution in [1.29, 1.82) is 0 Å². The summed E-state index contributed by atoms with van der Waals surface area (Å²) in [6.45, 7) is 0. The van der Waals surface area contributed by atoms with E-state index in [0.717, 1.165) is 89.1 Å². The quantitative estimate of drug-likeness (QED) is 0.157. The lowest BCUT2D eigenvalue weighted by Crippen LogP contribution is -1.94. The van der Waals surface area contributed by atoms with Crippen molar-refractivity contribution in [3.63, 3.8) is 0 Å². The molecule has 11 aromatic rings. The lowest BCUT2D eigenvalue weighted by atomic mass is 9.95. The first kappa shape index (κ1) is 42.2. The molecule has 3 aromatic heterocycles. The Labute approximate surface area is 415 Å². The molecule has 5 heterocycles. The average molecular weight is 923 g/mol. The highest BCUT2D eigenvalue weighted by molar-refractivity contribution is 6.08. The Bertz CT molecular complexity index is 3500. The first-order chi connectivity index (χ1) is 35.7. The molecule has 2 aliphatic heterocycles. The minimum atomic E-state index is 0.501. The van der Waals surface area contributed by atoms with Crippen molar-refractivity contribution in [3.05, 3.63) is 288 Å². The first-order valence-electron chi connectivity index (χ1n) is 24.0. The minimum absolute atomic E-state index is 0.501. The van der Waals surface area contributed by atoms with Crippen LogP contribution in [0, 0.1) is 0 Å². The van der Waals surface area contributed by atoms with Gasteiger partial charge in [-0.25, -0.2) is 29.9 Å². The molecule has 13 rings (SSSR count). The van der Waals surface area contributed by atoms with Crippen molar-refractivity contribution < 1.29 is 0 Å². The predicted octanol–water partition coefficient (Wildman–Crippen LogP) is 14.6. The molecule has 0 fully saturated rings. The molecular formula is C64H42N8. The zero-order valence-electron chi connectivity index (χ0n) is 38.8. The number of rotatable bonds is 8. The smallest absolute Gasteiger partial charge is 0.165 e. The van der Waals surface area contributed by atoms with Crippen LogP contribution in [0.1, 0.15) is 45.6 Å². The number of aromatic amines is 2. The van der Waals surface area contributed by atoms with Crippen LogP contribution in [0.4, 0.5) is 0 Å². The standard InChI is InChI=1S/C64H42N8/c1-9-25-41(26-10-1)49-50(42-27-11-2-12-28-42)58-65-57(49)69-59-51(43-29-13-3-14-30-43)52(44-31-15-4-16-32-44)61(66-59)71-63-55(47-37-21-7-22-38-47)56(48-39-23-8-24-40-48)64(68-63)72-62-54(46-35-19-6-20-36-46)53(60(67-62)70-58)45-33-17-5-18-34-45/h1-40H,(H2,65,66,67,68,69,70,71,72). The fourth-order valence-electron chi connectivity index (χ4n) is 9.96. The third-order valence-electron chi connectivity index (χ3n) is 13.1. The molecule has 8 heteroatoms.